The van der Waals surface area contributed by atoms with Crippen molar-refractivity contribution >= 4 is 11.6 Å². The number of rotatable bonds is 0. The lowest BCUT2D eigenvalue weighted by atomic mass is 9.59. The second-order valence-electron chi connectivity index (χ2n) is 6.04. The standard InChI is InChI=1S/C19H16O2/c20-13-9-11-19(12-10-13)16-7-3-1-5-14(16)18(21)15-6-2-4-8-17(15)19/h1-8H,9-12H2. The van der Waals surface area contributed by atoms with Gasteiger partial charge in [-0.3, -0.25) is 9.59 Å². The molecule has 21 heavy (non-hydrogen) atoms. The monoisotopic (exact) mass is 276 g/mol. The molecule has 2 aliphatic carbocycles. The Balaban J connectivity index is 2.01. The summed E-state index contributed by atoms with van der Waals surface area (Å²) >= 11 is 0. The summed E-state index contributed by atoms with van der Waals surface area (Å²) in [6, 6.07) is 15.8. The van der Waals surface area contributed by atoms with Gasteiger partial charge in [-0.05, 0) is 24.0 Å². The molecule has 0 heterocycles. The van der Waals surface area contributed by atoms with Gasteiger partial charge in [0.1, 0.15) is 5.78 Å². The molecule has 0 bridgehead atoms. The van der Waals surface area contributed by atoms with Gasteiger partial charge in [-0.15, -0.1) is 0 Å². The van der Waals surface area contributed by atoms with Crippen LogP contribution in [0.1, 0.15) is 52.7 Å². The van der Waals surface area contributed by atoms with Gasteiger partial charge in [0, 0.05) is 29.4 Å². The van der Waals surface area contributed by atoms with Gasteiger partial charge in [0.2, 0.25) is 0 Å². The molecule has 0 N–H and O–H groups in total. The fourth-order valence-corrected chi connectivity index (χ4v) is 3.98. The van der Waals surface area contributed by atoms with Crippen LogP contribution in [0.15, 0.2) is 48.5 Å². The number of benzene rings is 2. The maximum absolute atomic E-state index is 12.7. The molecule has 1 spiro atoms. The van der Waals surface area contributed by atoms with Gasteiger partial charge in [0.15, 0.2) is 5.78 Å². The first kappa shape index (κ1) is 12.5. The maximum Gasteiger partial charge on any atom is 0.193 e. The minimum absolute atomic E-state index is 0.115. The highest BCUT2D eigenvalue weighted by atomic mass is 16.1. The molecule has 4 rings (SSSR count). The van der Waals surface area contributed by atoms with Crippen molar-refractivity contribution in [2.24, 2.45) is 0 Å². The van der Waals surface area contributed by atoms with Crippen molar-refractivity contribution in [2.75, 3.05) is 0 Å². The van der Waals surface area contributed by atoms with Gasteiger partial charge in [-0.25, -0.2) is 0 Å². The first-order valence-electron chi connectivity index (χ1n) is 7.48. The van der Waals surface area contributed by atoms with E-state index in [1.807, 2.05) is 36.4 Å². The van der Waals surface area contributed by atoms with E-state index in [0.717, 1.165) is 35.1 Å². The highest BCUT2D eigenvalue weighted by Crippen LogP contribution is 2.49. The smallest absolute Gasteiger partial charge is 0.193 e. The van der Waals surface area contributed by atoms with E-state index < -0.39 is 0 Å². The van der Waals surface area contributed by atoms with E-state index in [2.05, 4.69) is 12.1 Å². The zero-order valence-corrected chi connectivity index (χ0v) is 11.8. The maximum atomic E-state index is 12.7. The lowest BCUT2D eigenvalue weighted by molar-refractivity contribution is -0.121. The van der Waals surface area contributed by atoms with Gasteiger partial charge in [-0.1, -0.05) is 48.5 Å². The van der Waals surface area contributed by atoms with E-state index in [1.54, 1.807) is 0 Å². The summed E-state index contributed by atoms with van der Waals surface area (Å²) in [6.07, 6.45) is 2.84. The normalized spacial score (nSPS) is 19.2. The van der Waals surface area contributed by atoms with Crippen LogP contribution in [-0.2, 0) is 10.2 Å². The van der Waals surface area contributed by atoms with Crippen LogP contribution in [-0.4, -0.2) is 11.6 Å². The first-order valence-corrected chi connectivity index (χ1v) is 7.48. The van der Waals surface area contributed by atoms with Gasteiger partial charge in [0.05, 0.1) is 0 Å². The van der Waals surface area contributed by atoms with Crippen LogP contribution in [0.2, 0.25) is 0 Å². The molecule has 0 aromatic heterocycles. The summed E-state index contributed by atoms with van der Waals surface area (Å²) in [5.41, 5.74) is 3.69. The second kappa shape index (κ2) is 4.39. The predicted octanol–water partition coefficient (Wildman–Crippen LogP) is 3.66. The van der Waals surface area contributed by atoms with Crippen molar-refractivity contribution < 1.29 is 9.59 Å². The van der Waals surface area contributed by atoms with Crippen LogP contribution in [0.4, 0.5) is 0 Å². The average molecular weight is 276 g/mol. The highest BCUT2D eigenvalue weighted by molar-refractivity contribution is 6.13. The number of carbonyl (C=O) groups is 2. The summed E-state index contributed by atoms with van der Waals surface area (Å²) in [5, 5.41) is 0. The molecule has 2 aromatic rings. The molecule has 2 heteroatoms. The lowest BCUT2D eigenvalue weighted by Gasteiger charge is -2.42. The summed E-state index contributed by atoms with van der Waals surface area (Å²) in [4.78, 5) is 24.4. The lowest BCUT2D eigenvalue weighted by Crippen LogP contribution is -2.39. The molecule has 0 radical (unpaired) electrons. The van der Waals surface area contributed by atoms with Crippen molar-refractivity contribution in [2.45, 2.75) is 31.1 Å². The molecule has 2 aromatic carbocycles. The summed E-state index contributed by atoms with van der Waals surface area (Å²) in [7, 11) is 0. The number of fused-ring (bicyclic) bond motifs is 4. The van der Waals surface area contributed by atoms with Crippen molar-refractivity contribution in [1.82, 2.24) is 0 Å². The van der Waals surface area contributed by atoms with E-state index >= 15 is 0 Å². The molecular weight excluding hydrogens is 260 g/mol. The Morgan fingerprint density at radius 1 is 0.714 bits per heavy atom. The summed E-state index contributed by atoms with van der Waals surface area (Å²) < 4.78 is 0. The Hall–Kier alpha value is -2.22. The molecule has 0 saturated heterocycles. The quantitative estimate of drug-likeness (QED) is 0.736. The zero-order chi connectivity index (χ0) is 14.4. The minimum Gasteiger partial charge on any atom is -0.300 e. The Morgan fingerprint density at radius 2 is 1.19 bits per heavy atom. The van der Waals surface area contributed by atoms with Gasteiger partial charge in [0.25, 0.3) is 0 Å². The largest absolute Gasteiger partial charge is 0.300 e. The van der Waals surface area contributed by atoms with E-state index in [-0.39, 0.29) is 11.2 Å². The Labute approximate surface area is 123 Å². The fourth-order valence-electron chi connectivity index (χ4n) is 3.98. The van der Waals surface area contributed by atoms with Crippen LogP contribution in [0, 0.1) is 0 Å². The SMILES string of the molecule is O=C1CCC2(CC1)c1ccccc1C(=O)c1ccccc12. The molecule has 1 fully saturated rings. The second-order valence-corrected chi connectivity index (χ2v) is 6.04. The molecule has 0 aliphatic heterocycles. The van der Waals surface area contributed by atoms with E-state index in [0.29, 0.717) is 18.6 Å². The Morgan fingerprint density at radius 3 is 1.71 bits per heavy atom. The van der Waals surface area contributed by atoms with Crippen LogP contribution in [0.25, 0.3) is 0 Å². The number of carbonyl (C=O) groups excluding carboxylic acids is 2. The third-order valence-corrected chi connectivity index (χ3v) is 5.04. The van der Waals surface area contributed by atoms with Crippen molar-refractivity contribution in [1.29, 1.82) is 0 Å². The van der Waals surface area contributed by atoms with E-state index in [4.69, 9.17) is 0 Å². The number of Topliss-reactive ketones (excluding diaryl/α,β-unsaturated/α-hetero) is 1. The highest BCUT2D eigenvalue weighted by Gasteiger charge is 2.44. The number of hydrogen-bond donors (Lipinski definition) is 0. The van der Waals surface area contributed by atoms with E-state index in [1.165, 1.54) is 0 Å². The third-order valence-electron chi connectivity index (χ3n) is 5.04. The van der Waals surface area contributed by atoms with Crippen molar-refractivity contribution in [3.05, 3.63) is 70.8 Å². The molecular formula is C19H16O2. The Kier molecular flexibility index (Phi) is 2.61. The molecule has 0 unspecified atom stereocenters. The number of hydrogen-bond acceptors (Lipinski definition) is 2. The summed E-state index contributed by atoms with van der Waals surface area (Å²) in [5.74, 6) is 0.455. The van der Waals surface area contributed by atoms with Gasteiger partial charge in [-0.2, -0.15) is 0 Å². The van der Waals surface area contributed by atoms with Crippen molar-refractivity contribution in [3.63, 3.8) is 0 Å². The van der Waals surface area contributed by atoms with Gasteiger partial charge < -0.3 is 0 Å². The third kappa shape index (κ3) is 1.65. The molecule has 0 amide bonds. The zero-order valence-electron chi connectivity index (χ0n) is 11.8. The topological polar surface area (TPSA) is 34.1 Å². The predicted molar refractivity (Wildman–Crippen MR) is 80.6 cm³/mol. The van der Waals surface area contributed by atoms with Crippen LogP contribution in [0.3, 0.4) is 0 Å². The van der Waals surface area contributed by atoms with Crippen LogP contribution in [0.5, 0.6) is 0 Å². The van der Waals surface area contributed by atoms with Crippen LogP contribution >= 0.6 is 0 Å². The number of ketones is 2. The minimum atomic E-state index is -0.158. The van der Waals surface area contributed by atoms with Gasteiger partial charge >= 0.3 is 0 Å². The Bertz CT molecular complexity index is 696. The average Bonchev–Trinajstić information content (AvgIpc) is 2.55. The molecule has 1 saturated carbocycles. The molecule has 2 aliphatic rings. The molecule has 104 valence electrons. The molecule has 2 nitrogen and oxygen atoms in total. The fraction of sp³-hybridized carbons (Fsp3) is 0.263. The van der Waals surface area contributed by atoms with E-state index in [9.17, 15) is 9.59 Å². The summed E-state index contributed by atoms with van der Waals surface area (Å²) in [6.45, 7) is 0. The molecule has 0 atom stereocenters. The van der Waals surface area contributed by atoms with Crippen molar-refractivity contribution in [3.8, 4) is 0 Å². The first-order chi connectivity index (χ1) is 10.2. The van der Waals surface area contributed by atoms with Crippen LogP contribution < -0.4 is 0 Å².